The molecule has 2 rings (SSSR count). The second-order valence-corrected chi connectivity index (χ2v) is 7.80. The number of unbranched alkanes of at least 4 members (excludes halogenated alkanes) is 4. The molecule has 0 atom stereocenters. The topological polar surface area (TPSA) is 87.2 Å². The second kappa shape index (κ2) is 7.55. The summed E-state index contributed by atoms with van der Waals surface area (Å²) in [5.41, 5.74) is 7.43. The average Bonchev–Trinajstić information content (AvgIpc) is 3.20. The molecule has 22 heavy (non-hydrogen) atoms. The summed E-state index contributed by atoms with van der Waals surface area (Å²) in [5.74, 6) is 0. The van der Waals surface area contributed by atoms with Gasteiger partial charge in [0, 0.05) is 0 Å². The van der Waals surface area contributed by atoms with E-state index in [1.807, 2.05) is 6.92 Å². The van der Waals surface area contributed by atoms with E-state index in [-0.39, 0.29) is 17.2 Å². The van der Waals surface area contributed by atoms with Crippen molar-refractivity contribution < 1.29 is 12.6 Å². The van der Waals surface area contributed by atoms with Crippen LogP contribution in [0.4, 0.5) is 0 Å². The minimum Gasteiger partial charge on any atom is -0.266 e. The zero-order valence-electron chi connectivity index (χ0n) is 13.4. The smallest absolute Gasteiger partial charge is 0.266 e. The van der Waals surface area contributed by atoms with Gasteiger partial charge in [-0.15, -0.1) is 0 Å². The minimum absolute atomic E-state index is 0.158. The molecular weight excluding hydrogens is 300 g/mol. The molecule has 1 heterocycles. The SMILES string of the molecule is Cc1ccc(S(=O)(=O)OCCCCCCCC2(C)NN2)cc1. The molecule has 1 aliphatic rings. The molecule has 1 aliphatic heterocycles. The summed E-state index contributed by atoms with van der Waals surface area (Å²) in [6.07, 6.45) is 6.37. The number of rotatable bonds is 10. The quantitative estimate of drug-likeness (QED) is 0.392. The Labute approximate surface area is 133 Å². The van der Waals surface area contributed by atoms with E-state index in [1.165, 1.54) is 12.8 Å². The Bertz CT molecular complexity index is 566. The van der Waals surface area contributed by atoms with Crippen LogP contribution >= 0.6 is 0 Å². The van der Waals surface area contributed by atoms with Gasteiger partial charge in [-0.2, -0.15) is 8.42 Å². The molecule has 0 bridgehead atoms. The Kier molecular flexibility index (Phi) is 5.97. The van der Waals surface area contributed by atoms with Gasteiger partial charge in [0.25, 0.3) is 10.1 Å². The van der Waals surface area contributed by atoms with Crippen LogP contribution in [0.1, 0.15) is 51.0 Å². The molecule has 5 nitrogen and oxygen atoms in total. The van der Waals surface area contributed by atoms with Gasteiger partial charge in [0.2, 0.25) is 0 Å². The van der Waals surface area contributed by atoms with E-state index in [4.69, 9.17) is 4.18 Å². The Morgan fingerprint density at radius 2 is 1.59 bits per heavy atom. The number of hydrogen-bond acceptors (Lipinski definition) is 5. The van der Waals surface area contributed by atoms with E-state index < -0.39 is 10.1 Å². The summed E-state index contributed by atoms with van der Waals surface area (Å²) in [4.78, 5) is 0.232. The van der Waals surface area contributed by atoms with E-state index >= 15 is 0 Å². The van der Waals surface area contributed by atoms with Crippen molar-refractivity contribution in [3.05, 3.63) is 29.8 Å². The third-order valence-corrected chi connectivity index (χ3v) is 5.25. The van der Waals surface area contributed by atoms with E-state index in [0.717, 1.165) is 31.2 Å². The first-order valence-electron chi connectivity index (χ1n) is 7.92. The third-order valence-electron chi connectivity index (χ3n) is 3.92. The van der Waals surface area contributed by atoms with Gasteiger partial charge < -0.3 is 0 Å². The van der Waals surface area contributed by atoms with Gasteiger partial charge in [-0.1, -0.05) is 43.4 Å². The van der Waals surface area contributed by atoms with Crippen molar-refractivity contribution in [3.8, 4) is 0 Å². The molecule has 0 aliphatic carbocycles. The van der Waals surface area contributed by atoms with Gasteiger partial charge in [0.05, 0.1) is 17.2 Å². The summed E-state index contributed by atoms with van der Waals surface area (Å²) in [6.45, 7) is 4.33. The third kappa shape index (κ3) is 5.68. The van der Waals surface area contributed by atoms with Gasteiger partial charge in [-0.3, -0.25) is 4.18 Å². The van der Waals surface area contributed by atoms with Crippen LogP contribution in [0.2, 0.25) is 0 Å². The molecule has 0 unspecified atom stereocenters. The highest BCUT2D eigenvalue weighted by molar-refractivity contribution is 7.86. The maximum atomic E-state index is 12.0. The van der Waals surface area contributed by atoms with Crippen LogP contribution in [0.5, 0.6) is 0 Å². The largest absolute Gasteiger partial charge is 0.296 e. The Hall–Kier alpha value is -0.950. The van der Waals surface area contributed by atoms with Gasteiger partial charge in [0.15, 0.2) is 0 Å². The van der Waals surface area contributed by atoms with Crippen LogP contribution in [0, 0.1) is 6.92 Å². The second-order valence-electron chi connectivity index (χ2n) is 6.19. The summed E-state index contributed by atoms with van der Waals surface area (Å²) in [7, 11) is -3.60. The first-order valence-corrected chi connectivity index (χ1v) is 9.33. The fourth-order valence-electron chi connectivity index (χ4n) is 2.28. The van der Waals surface area contributed by atoms with E-state index in [2.05, 4.69) is 17.8 Å². The lowest BCUT2D eigenvalue weighted by Crippen LogP contribution is -2.10. The fourth-order valence-corrected chi connectivity index (χ4v) is 3.23. The monoisotopic (exact) mass is 326 g/mol. The van der Waals surface area contributed by atoms with Gasteiger partial charge in [0.1, 0.15) is 0 Å². The lowest BCUT2D eigenvalue weighted by atomic mass is 10.1. The van der Waals surface area contributed by atoms with Crippen molar-refractivity contribution in [2.45, 2.75) is 62.9 Å². The van der Waals surface area contributed by atoms with Gasteiger partial charge in [-0.05, 0) is 38.8 Å². The first kappa shape index (κ1) is 17.4. The van der Waals surface area contributed by atoms with Crippen molar-refractivity contribution in [1.82, 2.24) is 10.9 Å². The molecule has 1 fully saturated rings. The maximum Gasteiger partial charge on any atom is 0.296 e. The lowest BCUT2D eigenvalue weighted by Gasteiger charge is -2.07. The number of hydrogen-bond donors (Lipinski definition) is 2. The average molecular weight is 326 g/mol. The summed E-state index contributed by atoms with van der Waals surface area (Å²) >= 11 is 0. The molecule has 0 spiro atoms. The van der Waals surface area contributed by atoms with Crippen molar-refractivity contribution >= 4 is 10.1 Å². The minimum atomic E-state index is -3.60. The molecule has 0 saturated carbocycles. The van der Waals surface area contributed by atoms with E-state index in [9.17, 15) is 8.42 Å². The van der Waals surface area contributed by atoms with Crippen molar-refractivity contribution in [2.75, 3.05) is 6.61 Å². The Balaban J connectivity index is 1.56. The van der Waals surface area contributed by atoms with Crippen molar-refractivity contribution in [1.29, 1.82) is 0 Å². The summed E-state index contributed by atoms with van der Waals surface area (Å²) in [6, 6.07) is 6.73. The van der Waals surface area contributed by atoms with E-state index in [1.54, 1.807) is 24.3 Å². The maximum absolute atomic E-state index is 12.0. The first-order chi connectivity index (χ1) is 10.4. The highest BCUT2D eigenvalue weighted by Gasteiger charge is 2.34. The highest BCUT2D eigenvalue weighted by atomic mass is 32.2. The lowest BCUT2D eigenvalue weighted by molar-refractivity contribution is 0.306. The number of benzene rings is 1. The number of nitrogens with one attached hydrogen (secondary N) is 2. The Morgan fingerprint density at radius 1 is 1.00 bits per heavy atom. The fraction of sp³-hybridized carbons (Fsp3) is 0.625. The molecule has 0 aromatic heterocycles. The molecule has 1 saturated heterocycles. The van der Waals surface area contributed by atoms with Gasteiger partial charge in [-0.25, -0.2) is 10.9 Å². The van der Waals surface area contributed by atoms with Crippen LogP contribution in [0.3, 0.4) is 0 Å². The summed E-state index contributed by atoms with van der Waals surface area (Å²) < 4.78 is 29.0. The molecule has 0 radical (unpaired) electrons. The molecule has 0 amide bonds. The zero-order chi connectivity index (χ0) is 16.1. The standard InChI is InChI=1S/C16H26N2O3S/c1-14-8-10-15(11-9-14)22(19,20)21-13-7-5-3-4-6-12-16(2)17-18-16/h8-11,17-18H,3-7,12-13H2,1-2H3. The van der Waals surface area contributed by atoms with Crippen molar-refractivity contribution in [3.63, 3.8) is 0 Å². The molecule has 1 aromatic carbocycles. The van der Waals surface area contributed by atoms with Crippen LogP contribution in [0.15, 0.2) is 29.2 Å². The molecule has 6 heteroatoms. The Morgan fingerprint density at radius 3 is 2.23 bits per heavy atom. The number of aryl methyl sites for hydroxylation is 1. The molecule has 2 N–H and O–H groups in total. The number of hydrazine groups is 1. The van der Waals surface area contributed by atoms with Gasteiger partial charge >= 0.3 is 0 Å². The zero-order valence-corrected chi connectivity index (χ0v) is 14.2. The molecular formula is C16H26N2O3S. The highest BCUT2D eigenvalue weighted by Crippen LogP contribution is 2.19. The van der Waals surface area contributed by atoms with E-state index in [0.29, 0.717) is 0 Å². The van der Waals surface area contributed by atoms with Crippen LogP contribution in [-0.4, -0.2) is 20.7 Å². The predicted molar refractivity (Wildman–Crippen MR) is 86.7 cm³/mol. The molecule has 1 aromatic rings. The predicted octanol–water partition coefficient (Wildman–Crippen LogP) is 2.86. The van der Waals surface area contributed by atoms with Crippen molar-refractivity contribution in [2.24, 2.45) is 0 Å². The van der Waals surface area contributed by atoms with Crippen LogP contribution in [0.25, 0.3) is 0 Å². The normalized spacial score (nSPS) is 16.6. The summed E-state index contributed by atoms with van der Waals surface area (Å²) in [5, 5.41) is 0. The molecule has 124 valence electrons. The van der Waals surface area contributed by atoms with Crippen LogP contribution < -0.4 is 10.9 Å². The van der Waals surface area contributed by atoms with Crippen LogP contribution in [-0.2, 0) is 14.3 Å².